The molecule has 1 N–H and O–H groups in total. The predicted octanol–water partition coefficient (Wildman–Crippen LogP) is 2.08. The number of imidazole rings is 1. The van der Waals surface area contributed by atoms with Gasteiger partial charge in [-0.1, -0.05) is 0 Å². The van der Waals surface area contributed by atoms with Crippen molar-refractivity contribution in [1.29, 1.82) is 0 Å². The number of amides is 1. The van der Waals surface area contributed by atoms with Crippen molar-refractivity contribution in [3.8, 4) is 0 Å². The van der Waals surface area contributed by atoms with Crippen LogP contribution in [0.15, 0.2) is 30.0 Å². The maximum atomic E-state index is 12.6. The number of thiophene rings is 1. The first-order chi connectivity index (χ1) is 11.0. The van der Waals surface area contributed by atoms with Crippen molar-refractivity contribution in [1.82, 2.24) is 24.4 Å². The van der Waals surface area contributed by atoms with Crippen LogP contribution in [-0.4, -0.2) is 45.6 Å². The van der Waals surface area contributed by atoms with Crippen molar-refractivity contribution < 1.29 is 4.79 Å². The van der Waals surface area contributed by atoms with Gasteiger partial charge in [0.1, 0.15) is 11.2 Å². The molecule has 122 valence electrons. The first-order valence-electron chi connectivity index (χ1n) is 7.46. The van der Waals surface area contributed by atoms with Crippen molar-refractivity contribution in [2.24, 2.45) is 7.05 Å². The molecule has 0 fully saturated rings. The van der Waals surface area contributed by atoms with E-state index in [1.54, 1.807) is 22.0 Å². The van der Waals surface area contributed by atoms with Crippen LogP contribution in [0.1, 0.15) is 26.8 Å². The van der Waals surface area contributed by atoms with E-state index in [9.17, 15) is 4.79 Å². The summed E-state index contributed by atoms with van der Waals surface area (Å²) in [6.07, 6.45) is 5.34. The normalized spacial score (nSPS) is 12.9. The van der Waals surface area contributed by atoms with Gasteiger partial charge in [0.05, 0.1) is 12.2 Å². The molecule has 0 spiro atoms. The van der Waals surface area contributed by atoms with E-state index < -0.39 is 0 Å². The Balaban J connectivity index is 1.77. The number of rotatable bonds is 5. The first-order valence-corrected chi connectivity index (χ1v) is 8.34. The minimum Gasteiger partial charge on any atom is -0.350 e. The number of carbonyl (C=O) groups excluding carboxylic acids is 1. The summed E-state index contributed by atoms with van der Waals surface area (Å²) in [6, 6.07) is 2.28. The Bertz CT molecular complexity index is 829. The second-order valence-electron chi connectivity index (χ2n) is 5.89. The summed E-state index contributed by atoms with van der Waals surface area (Å²) in [5.41, 5.74) is 2.66. The number of fused-ring (bicyclic) bond motifs is 1. The Morgan fingerprint density at radius 2 is 2.22 bits per heavy atom. The van der Waals surface area contributed by atoms with Crippen LogP contribution >= 0.6 is 11.3 Å². The lowest BCUT2D eigenvalue weighted by Gasteiger charge is -2.24. The number of hydrogen-bond acceptors (Lipinski definition) is 4. The van der Waals surface area contributed by atoms with E-state index in [1.165, 1.54) is 10.4 Å². The maximum absolute atomic E-state index is 12.6. The molecule has 0 saturated heterocycles. The molecule has 0 aliphatic rings. The fourth-order valence-corrected chi connectivity index (χ4v) is 3.85. The Morgan fingerprint density at radius 1 is 1.43 bits per heavy atom. The van der Waals surface area contributed by atoms with Crippen LogP contribution in [0.25, 0.3) is 5.65 Å². The fraction of sp³-hybridized carbons (Fsp3) is 0.375. The lowest BCUT2D eigenvalue weighted by atomic mass is 10.1. The molecule has 1 amide bonds. The van der Waals surface area contributed by atoms with Gasteiger partial charge in [0.15, 0.2) is 0 Å². The number of hydrogen-bond donors (Lipinski definition) is 1. The molecule has 6 nitrogen and oxygen atoms in total. The van der Waals surface area contributed by atoms with E-state index >= 15 is 0 Å². The largest absolute Gasteiger partial charge is 0.350 e. The van der Waals surface area contributed by atoms with Gasteiger partial charge in [-0.25, -0.2) is 4.52 Å². The molecule has 0 radical (unpaired) electrons. The Labute approximate surface area is 139 Å². The SMILES string of the molecule is Cc1ccsc1[C@H](CNC(=O)c1cnn2ccn(C)c12)N(C)C. The van der Waals surface area contributed by atoms with E-state index in [-0.39, 0.29) is 11.9 Å². The number of aromatic nitrogens is 3. The minimum atomic E-state index is -0.0946. The van der Waals surface area contributed by atoms with Crippen LogP contribution in [0.3, 0.4) is 0 Å². The zero-order chi connectivity index (χ0) is 16.6. The summed E-state index contributed by atoms with van der Waals surface area (Å²) < 4.78 is 3.61. The summed E-state index contributed by atoms with van der Waals surface area (Å²) in [5, 5.41) is 9.36. The third kappa shape index (κ3) is 2.89. The molecular weight excluding hydrogens is 310 g/mol. The van der Waals surface area contributed by atoms with E-state index in [2.05, 4.69) is 33.7 Å². The molecule has 3 aromatic heterocycles. The van der Waals surface area contributed by atoms with E-state index in [1.807, 2.05) is 38.1 Å². The maximum Gasteiger partial charge on any atom is 0.256 e. The first kappa shape index (κ1) is 15.8. The monoisotopic (exact) mass is 331 g/mol. The van der Waals surface area contributed by atoms with Gasteiger partial charge >= 0.3 is 0 Å². The third-order valence-corrected chi connectivity index (χ3v) is 5.18. The lowest BCUT2D eigenvalue weighted by Crippen LogP contribution is -2.34. The van der Waals surface area contributed by atoms with Gasteiger partial charge in [0.2, 0.25) is 0 Å². The van der Waals surface area contributed by atoms with Crippen LogP contribution in [0, 0.1) is 6.92 Å². The van der Waals surface area contributed by atoms with Crippen LogP contribution < -0.4 is 5.32 Å². The number of carbonyl (C=O) groups is 1. The van der Waals surface area contributed by atoms with Crippen molar-refractivity contribution in [3.63, 3.8) is 0 Å². The summed E-state index contributed by atoms with van der Waals surface area (Å²) in [4.78, 5) is 16.0. The van der Waals surface area contributed by atoms with Gasteiger partial charge < -0.3 is 14.8 Å². The molecule has 0 aliphatic carbocycles. The van der Waals surface area contributed by atoms with Gasteiger partial charge in [0.25, 0.3) is 5.91 Å². The number of nitrogens with one attached hydrogen (secondary N) is 1. The van der Waals surface area contributed by atoms with Gasteiger partial charge in [-0.05, 0) is 38.0 Å². The number of nitrogens with zero attached hydrogens (tertiary/aromatic N) is 4. The Morgan fingerprint density at radius 3 is 2.87 bits per heavy atom. The van der Waals surface area contributed by atoms with Crippen LogP contribution in [0.2, 0.25) is 0 Å². The van der Waals surface area contributed by atoms with E-state index in [4.69, 9.17) is 0 Å². The third-order valence-electron chi connectivity index (χ3n) is 4.06. The molecule has 0 aromatic carbocycles. The van der Waals surface area contributed by atoms with Gasteiger partial charge in [0, 0.05) is 30.9 Å². The number of likely N-dealkylation sites (N-methyl/N-ethyl adjacent to an activating group) is 1. The summed E-state index contributed by atoms with van der Waals surface area (Å²) in [6.45, 7) is 2.67. The minimum absolute atomic E-state index is 0.0946. The topological polar surface area (TPSA) is 54.6 Å². The van der Waals surface area contributed by atoms with Crippen LogP contribution in [0.4, 0.5) is 0 Å². The zero-order valence-corrected chi connectivity index (χ0v) is 14.6. The van der Waals surface area contributed by atoms with Crippen LogP contribution in [0.5, 0.6) is 0 Å². The molecule has 0 bridgehead atoms. The standard InChI is InChI=1S/C16H21N5OS/c1-11-5-8-23-14(11)13(19(2)3)10-17-15(22)12-9-18-21-7-6-20(4)16(12)21/h5-9,13H,10H2,1-4H3,(H,17,22)/t13-/m0/s1. The Kier molecular flexibility index (Phi) is 4.23. The summed E-state index contributed by atoms with van der Waals surface area (Å²) >= 11 is 1.73. The molecule has 7 heteroatoms. The van der Waals surface area contributed by atoms with Gasteiger partial charge in [-0.15, -0.1) is 11.3 Å². The predicted molar refractivity (Wildman–Crippen MR) is 92.0 cm³/mol. The van der Waals surface area contributed by atoms with E-state index in [0.717, 1.165) is 5.65 Å². The fourth-order valence-electron chi connectivity index (χ4n) is 2.73. The average molecular weight is 331 g/mol. The van der Waals surface area contributed by atoms with Crippen molar-refractivity contribution in [2.45, 2.75) is 13.0 Å². The highest BCUT2D eigenvalue weighted by Crippen LogP contribution is 2.26. The molecule has 23 heavy (non-hydrogen) atoms. The van der Waals surface area contributed by atoms with Gasteiger partial charge in [-0.3, -0.25) is 4.79 Å². The van der Waals surface area contributed by atoms with Crippen molar-refractivity contribution >= 4 is 22.9 Å². The molecule has 0 saturated carbocycles. The molecule has 3 rings (SSSR count). The second-order valence-corrected chi connectivity index (χ2v) is 6.84. The molecular formula is C16H21N5OS. The summed E-state index contributed by atoms with van der Waals surface area (Å²) in [5.74, 6) is -0.0946. The van der Waals surface area contributed by atoms with Crippen LogP contribution in [-0.2, 0) is 7.05 Å². The van der Waals surface area contributed by atoms with Gasteiger partial charge in [-0.2, -0.15) is 5.10 Å². The molecule has 0 aliphatic heterocycles. The lowest BCUT2D eigenvalue weighted by molar-refractivity contribution is 0.0943. The smallest absolute Gasteiger partial charge is 0.256 e. The number of aryl methyl sites for hydroxylation is 2. The zero-order valence-electron chi connectivity index (χ0n) is 13.8. The van der Waals surface area contributed by atoms with Crippen molar-refractivity contribution in [3.05, 3.63) is 46.0 Å². The molecule has 0 unspecified atom stereocenters. The Hall–Kier alpha value is -2.12. The highest BCUT2D eigenvalue weighted by Gasteiger charge is 2.20. The average Bonchev–Trinajstić information content (AvgIpc) is 3.18. The molecule has 1 atom stereocenters. The van der Waals surface area contributed by atoms with Crippen molar-refractivity contribution in [2.75, 3.05) is 20.6 Å². The van der Waals surface area contributed by atoms with E-state index in [0.29, 0.717) is 12.1 Å². The quantitative estimate of drug-likeness (QED) is 0.779. The second kappa shape index (κ2) is 6.17. The summed E-state index contributed by atoms with van der Waals surface area (Å²) in [7, 11) is 5.97. The highest BCUT2D eigenvalue weighted by molar-refractivity contribution is 7.10. The highest BCUT2D eigenvalue weighted by atomic mass is 32.1. The molecule has 3 heterocycles. The molecule has 3 aromatic rings.